The van der Waals surface area contributed by atoms with Gasteiger partial charge in [-0.2, -0.15) is 0 Å². The Morgan fingerprint density at radius 3 is 2.35 bits per heavy atom. The highest BCUT2D eigenvalue weighted by Crippen LogP contribution is 2.39. The number of nitrogen functional groups attached to an aromatic ring is 1. The number of hydrogen-bond donors (Lipinski definition) is 3. The molecule has 0 radical (unpaired) electrons. The number of carbonyl (C=O) groups excluding carboxylic acids is 1. The zero-order valence-electron chi connectivity index (χ0n) is 20.9. The van der Waals surface area contributed by atoms with E-state index < -0.39 is 5.97 Å². The first-order valence-corrected chi connectivity index (χ1v) is 13.0. The number of carboxylic acid groups (broad SMARTS) is 1. The van der Waals surface area contributed by atoms with Crippen LogP contribution in [0.25, 0.3) is 11.1 Å². The summed E-state index contributed by atoms with van der Waals surface area (Å²) in [4.78, 5) is 25.8. The Hall–Kier alpha value is -4.00. The molecule has 1 fully saturated rings. The van der Waals surface area contributed by atoms with E-state index in [4.69, 9.17) is 15.6 Å². The third-order valence-corrected chi connectivity index (χ3v) is 7.47. The largest absolute Gasteiger partial charge is 0.491 e. The van der Waals surface area contributed by atoms with Crippen molar-refractivity contribution in [3.8, 4) is 16.9 Å². The number of urea groups is 1. The third-order valence-electron chi connectivity index (χ3n) is 7.47. The van der Waals surface area contributed by atoms with E-state index in [1.54, 1.807) is 29.2 Å². The monoisotopic (exact) mass is 499 g/mol. The average molecular weight is 500 g/mol. The van der Waals surface area contributed by atoms with E-state index in [1.165, 1.54) is 5.56 Å². The molecule has 7 nitrogen and oxygen atoms in total. The first-order valence-electron chi connectivity index (χ1n) is 13.0. The van der Waals surface area contributed by atoms with Gasteiger partial charge in [0.25, 0.3) is 0 Å². The first kappa shape index (κ1) is 24.7. The van der Waals surface area contributed by atoms with E-state index >= 15 is 0 Å². The lowest BCUT2D eigenvalue weighted by molar-refractivity contribution is -0.138. The van der Waals surface area contributed by atoms with Gasteiger partial charge in [0.1, 0.15) is 5.75 Å². The molecule has 4 N–H and O–H groups in total. The van der Waals surface area contributed by atoms with Gasteiger partial charge in [0, 0.05) is 24.3 Å². The second-order valence-corrected chi connectivity index (χ2v) is 10.0. The first-order chi connectivity index (χ1) is 18.0. The minimum atomic E-state index is -0.692. The Balaban J connectivity index is 1.29. The number of benzene rings is 3. The zero-order chi connectivity index (χ0) is 25.8. The van der Waals surface area contributed by atoms with Crippen molar-refractivity contribution in [1.82, 2.24) is 0 Å². The van der Waals surface area contributed by atoms with Crippen molar-refractivity contribution in [3.63, 3.8) is 0 Å². The Morgan fingerprint density at radius 1 is 0.946 bits per heavy atom. The second kappa shape index (κ2) is 10.9. The molecule has 0 saturated heterocycles. The van der Waals surface area contributed by atoms with Crippen LogP contribution in [0.5, 0.6) is 5.75 Å². The second-order valence-electron chi connectivity index (χ2n) is 10.0. The summed E-state index contributed by atoms with van der Waals surface area (Å²) in [5.74, 6) is 0.801. The van der Waals surface area contributed by atoms with Crippen molar-refractivity contribution in [3.05, 3.63) is 72.3 Å². The summed E-state index contributed by atoms with van der Waals surface area (Å²) in [5, 5.41) is 12.0. The zero-order valence-corrected chi connectivity index (χ0v) is 20.9. The molecule has 37 heavy (non-hydrogen) atoms. The number of nitrogens with two attached hydrogens (primary N) is 1. The van der Waals surface area contributed by atoms with Crippen LogP contribution in [0.2, 0.25) is 0 Å². The summed E-state index contributed by atoms with van der Waals surface area (Å²) >= 11 is 0. The van der Waals surface area contributed by atoms with Crippen molar-refractivity contribution < 1.29 is 19.4 Å². The molecular weight excluding hydrogens is 466 g/mol. The fourth-order valence-corrected chi connectivity index (χ4v) is 5.42. The third kappa shape index (κ3) is 5.88. The molecule has 7 heteroatoms. The van der Waals surface area contributed by atoms with Crippen LogP contribution in [0.1, 0.15) is 50.0 Å². The van der Waals surface area contributed by atoms with Crippen molar-refractivity contribution in [2.75, 3.05) is 29.1 Å². The highest BCUT2D eigenvalue weighted by atomic mass is 16.5. The molecule has 2 aliphatic rings. The van der Waals surface area contributed by atoms with Gasteiger partial charge in [0.05, 0.1) is 12.3 Å². The van der Waals surface area contributed by atoms with Crippen LogP contribution in [0.3, 0.4) is 0 Å². The molecule has 5 rings (SSSR count). The van der Waals surface area contributed by atoms with Crippen LogP contribution in [0.4, 0.5) is 21.9 Å². The summed E-state index contributed by atoms with van der Waals surface area (Å²) in [5.41, 5.74) is 11.3. The normalized spacial score (nSPS) is 19.3. The molecule has 1 aliphatic heterocycles. The summed E-state index contributed by atoms with van der Waals surface area (Å²) in [6.07, 6.45) is 5.05. The van der Waals surface area contributed by atoms with Gasteiger partial charge < -0.3 is 20.9 Å². The maximum atomic E-state index is 13.1. The molecule has 0 spiro atoms. The Bertz CT molecular complexity index is 1250. The Kier molecular flexibility index (Phi) is 7.30. The number of fused-ring (bicyclic) bond motifs is 1. The molecule has 2 amide bonds. The van der Waals surface area contributed by atoms with Crippen molar-refractivity contribution in [1.29, 1.82) is 0 Å². The number of carboxylic acids is 1. The smallest absolute Gasteiger partial charge is 0.326 e. The summed E-state index contributed by atoms with van der Waals surface area (Å²) < 4.78 is 6.03. The number of aliphatic carboxylic acids is 1. The Morgan fingerprint density at radius 2 is 1.65 bits per heavy atom. The van der Waals surface area contributed by atoms with Crippen LogP contribution in [0.15, 0.2) is 66.7 Å². The van der Waals surface area contributed by atoms with Crippen LogP contribution >= 0.6 is 0 Å². The highest BCUT2D eigenvalue weighted by Gasteiger charge is 2.25. The maximum absolute atomic E-state index is 13.1. The standard InChI is InChI=1S/C30H33N3O4/c31-25-11-13-26(14-12-25)32-30(36)33-16-1-17-37-28-19-24(10-15-27(28)33)23-8-6-22(7-9-23)21-4-2-20(3-5-21)18-29(34)35/h6-15,19-21H,1-5,16-18,31H2,(H,32,36)(H,34,35). The van der Waals surface area contributed by atoms with Crippen LogP contribution in [0, 0.1) is 5.92 Å². The van der Waals surface area contributed by atoms with E-state index in [1.807, 2.05) is 18.2 Å². The molecule has 0 aromatic heterocycles. The predicted octanol–water partition coefficient (Wildman–Crippen LogP) is 6.51. The molecule has 1 aliphatic carbocycles. The van der Waals surface area contributed by atoms with Gasteiger partial charge in [0.2, 0.25) is 0 Å². The highest BCUT2D eigenvalue weighted by molar-refractivity contribution is 6.03. The Labute approximate surface area is 217 Å². The van der Waals surface area contributed by atoms with Crippen molar-refractivity contribution >= 4 is 29.1 Å². The topological polar surface area (TPSA) is 105 Å². The molecule has 192 valence electrons. The number of amides is 2. The average Bonchev–Trinajstić information content (AvgIpc) is 3.12. The molecule has 3 aromatic carbocycles. The number of carbonyl (C=O) groups is 2. The molecule has 1 heterocycles. The van der Waals surface area contributed by atoms with Gasteiger partial charge in [-0.05, 0) is 97.0 Å². The maximum Gasteiger partial charge on any atom is 0.326 e. The van der Waals surface area contributed by atoms with Crippen molar-refractivity contribution in [2.24, 2.45) is 5.92 Å². The summed E-state index contributed by atoms with van der Waals surface area (Å²) in [6.45, 7) is 1.11. The van der Waals surface area contributed by atoms with E-state index in [-0.39, 0.29) is 12.5 Å². The fraction of sp³-hybridized carbons (Fsp3) is 0.333. The van der Waals surface area contributed by atoms with Gasteiger partial charge in [-0.1, -0.05) is 30.3 Å². The van der Waals surface area contributed by atoms with Crippen molar-refractivity contribution in [2.45, 2.75) is 44.4 Å². The number of anilines is 3. The van der Waals surface area contributed by atoms with Gasteiger partial charge in [-0.15, -0.1) is 0 Å². The number of nitrogens with zero attached hydrogens (tertiary/aromatic N) is 1. The minimum Gasteiger partial charge on any atom is -0.491 e. The van der Waals surface area contributed by atoms with Crippen LogP contribution in [-0.2, 0) is 4.79 Å². The van der Waals surface area contributed by atoms with Gasteiger partial charge in [-0.3, -0.25) is 9.69 Å². The van der Waals surface area contributed by atoms with Gasteiger partial charge >= 0.3 is 12.0 Å². The quantitative estimate of drug-likeness (QED) is 0.347. The van der Waals surface area contributed by atoms with Crippen LogP contribution in [-0.4, -0.2) is 30.3 Å². The minimum absolute atomic E-state index is 0.202. The molecule has 0 bridgehead atoms. The lowest BCUT2D eigenvalue weighted by Gasteiger charge is -2.28. The SMILES string of the molecule is Nc1ccc(NC(=O)N2CCCOc3cc(-c4ccc(C5CCC(CC(=O)O)CC5)cc4)ccc32)cc1. The molecular formula is C30H33N3O4. The fourth-order valence-electron chi connectivity index (χ4n) is 5.42. The van der Waals surface area contributed by atoms with E-state index in [2.05, 4.69) is 29.6 Å². The van der Waals surface area contributed by atoms with E-state index in [0.29, 0.717) is 42.1 Å². The molecule has 0 unspecified atom stereocenters. The molecule has 0 atom stereocenters. The molecule has 1 saturated carbocycles. The van der Waals surface area contributed by atoms with Gasteiger partial charge in [-0.25, -0.2) is 4.79 Å². The number of rotatable bonds is 5. The van der Waals surface area contributed by atoms with Crippen LogP contribution < -0.4 is 20.7 Å². The summed E-state index contributed by atoms with van der Waals surface area (Å²) in [6, 6.07) is 21.6. The van der Waals surface area contributed by atoms with E-state index in [9.17, 15) is 9.59 Å². The number of hydrogen-bond acceptors (Lipinski definition) is 4. The number of nitrogens with one attached hydrogen (secondary N) is 1. The predicted molar refractivity (Wildman–Crippen MR) is 146 cm³/mol. The summed E-state index contributed by atoms with van der Waals surface area (Å²) in [7, 11) is 0. The molecule has 3 aromatic rings. The van der Waals surface area contributed by atoms with E-state index in [0.717, 1.165) is 48.9 Å². The lowest BCUT2D eigenvalue weighted by Crippen LogP contribution is -2.35. The number of ether oxygens (including phenoxy) is 1. The van der Waals surface area contributed by atoms with Gasteiger partial charge in [0.15, 0.2) is 0 Å². The lowest BCUT2D eigenvalue weighted by atomic mass is 9.77.